The van der Waals surface area contributed by atoms with Gasteiger partial charge in [-0.15, -0.1) is 0 Å². The van der Waals surface area contributed by atoms with Crippen molar-refractivity contribution in [2.24, 2.45) is 11.8 Å². The standard InChI is InChI=1S/C44H54ClN3O6/c1-27-26-53-39-15-10-9-14-36(39)40(27)48(44(7,8)52)41(50)34(22-31-12-11-13-35(45)23-31)25-38(49)37(47-42(51)54-43(4,5)6)24-30-16-18-32(19-17-30)33-20-28(2)46-29(3)21-33/h9-21,23,27,34,37-38,40,49,52H,22,24-26H2,1-8H3,(H,47,51). The first-order valence-corrected chi connectivity index (χ1v) is 19.0. The average Bonchev–Trinajstić information content (AvgIpc) is 3.07. The van der Waals surface area contributed by atoms with Crippen molar-refractivity contribution in [3.63, 3.8) is 0 Å². The number of fused-ring (bicyclic) bond motifs is 1. The highest BCUT2D eigenvalue weighted by Gasteiger charge is 2.44. The van der Waals surface area contributed by atoms with Gasteiger partial charge in [0.1, 0.15) is 17.1 Å². The molecule has 3 aromatic carbocycles. The van der Waals surface area contributed by atoms with Gasteiger partial charge in [-0.1, -0.05) is 73.1 Å². The van der Waals surface area contributed by atoms with Crippen molar-refractivity contribution < 1.29 is 29.3 Å². The first kappa shape index (κ1) is 40.7. The van der Waals surface area contributed by atoms with Crippen molar-refractivity contribution in [2.45, 2.75) is 104 Å². The van der Waals surface area contributed by atoms with Crippen LogP contribution in [0.25, 0.3) is 11.1 Å². The summed E-state index contributed by atoms with van der Waals surface area (Å²) in [6.07, 6.45) is -1.37. The zero-order valence-electron chi connectivity index (χ0n) is 32.6. The highest BCUT2D eigenvalue weighted by Crippen LogP contribution is 2.43. The van der Waals surface area contributed by atoms with E-state index in [-0.39, 0.29) is 31.1 Å². The molecule has 1 aliphatic rings. The Hall–Kier alpha value is -4.44. The number of aliphatic hydroxyl groups excluding tert-OH is 1. The summed E-state index contributed by atoms with van der Waals surface area (Å²) in [5.74, 6) is -0.624. The number of nitrogens with zero attached hydrogens (tertiary/aromatic N) is 2. The molecule has 5 rings (SSSR count). The lowest BCUT2D eigenvalue weighted by atomic mass is 9.84. The number of aromatic nitrogens is 1. The SMILES string of the molecule is Cc1cc(-c2ccc(CC(NC(=O)OC(C)(C)C)C(O)CC(Cc3cccc(Cl)c3)C(=O)N(C3c4ccccc4OCC3C)C(C)(C)O)cc2)cc(C)n1. The van der Waals surface area contributed by atoms with Crippen LogP contribution in [0.4, 0.5) is 4.79 Å². The Labute approximate surface area is 324 Å². The lowest BCUT2D eigenvalue weighted by molar-refractivity contribution is -0.171. The van der Waals surface area contributed by atoms with Crippen LogP contribution in [0, 0.1) is 25.7 Å². The molecule has 2 amide bonds. The van der Waals surface area contributed by atoms with Crippen molar-refractivity contribution in [3.05, 3.63) is 118 Å². The van der Waals surface area contributed by atoms with Gasteiger partial charge in [-0.05, 0) is 120 Å². The Balaban J connectivity index is 1.49. The van der Waals surface area contributed by atoms with Crippen LogP contribution in [-0.2, 0) is 22.4 Å². The van der Waals surface area contributed by atoms with Gasteiger partial charge >= 0.3 is 6.09 Å². The minimum atomic E-state index is -1.57. The number of carbonyl (C=O) groups excluding carboxylic acids is 2. The summed E-state index contributed by atoms with van der Waals surface area (Å²) in [6, 6.07) is 25.6. The van der Waals surface area contributed by atoms with Crippen LogP contribution in [-0.4, -0.2) is 62.2 Å². The third-order valence-corrected chi connectivity index (χ3v) is 9.86. The topological polar surface area (TPSA) is 121 Å². The van der Waals surface area contributed by atoms with Crippen LogP contribution in [0.2, 0.25) is 5.02 Å². The predicted octanol–water partition coefficient (Wildman–Crippen LogP) is 8.39. The van der Waals surface area contributed by atoms with Gasteiger partial charge < -0.3 is 29.9 Å². The molecule has 10 heteroatoms. The Kier molecular flexibility index (Phi) is 12.8. The maximum atomic E-state index is 15.0. The number of aryl methyl sites for hydroxylation is 2. The molecule has 54 heavy (non-hydrogen) atoms. The van der Waals surface area contributed by atoms with Crippen molar-refractivity contribution >= 4 is 23.6 Å². The van der Waals surface area contributed by atoms with Crippen molar-refractivity contribution in [3.8, 4) is 16.9 Å². The molecule has 0 bridgehead atoms. The number of ether oxygens (including phenoxy) is 2. The van der Waals surface area contributed by atoms with Crippen molar-refractivity contribution in [1.82, 2.24) is 15.2 Å². The van der Waals surface area contributed by atoms with Gasteiger partial charge in [0.05, 0.1) is 24.8 Å². The van der Waals surface area contributed by atoms with E-state index in [0.29, 0.717) is 17.4 Å². The molecule has 0 aliphatic carbocycles. The quantitative estimate of drug-likeness (QED) is 0.124. The fraction of sp³-hybridized carbons (Fsp3) is 0.432. The first-order valence-electron chi connectivity index (χ1n) is 18.6. The van der Waals surface area contributed by atoms with Gasteiger partial charge in [-0.25, -0.2) is 4.79 Å². The highest BCUT2D eigenvalue weighted by molar-refractivity contribution is 6.30. The van der Waals surface area contributed by atoms with E-state index in [4.69, 9.17) is 21.1 Å². The summed E-state index contributed by atoms with van der Waals surface area (Å²) in [4.78, 5) is 34.3. The number of alkyl carbamates (subject to hydrolysis) is 1. The van der Waals surface area contributed by atoms with Crippen LogP contribution in [0.5, 0.6) is 5.75 Å². The molecule has 5 unspecified atom stereocenters. The molecule has 0 saturated heterocycles. The number of nitrogens with one attached hydrogen (secondary N) is 1. The molecule has 0 saturated carbocycles. The van der Waals surface area contributed by atoms with E-state index in [2.05, 4.69) is 10.3 Å². The van der Waals surface area contributed by atoms with E-state index in [1.54, 1.807) is 51.7 Å². The third kappa shape index (κ3) is 10.6. The van der Waals surface area contributed by atoms with Gasteiger partial charge in [-0.3, -0.25) is 9.78 Å². The molecule has 3 N–H and O–H groups in total. The van der Waals surface area contributed by atoms with Gasteiger partial charge in [-0.2, -0.15) is 0 Å². The number of halogens is 1. The first-order chi connectivity index (χ1) is 25.4. The second-order valence-electron chi connectivity index (χ2n) is 16.1. The van der Waals surface area contributed by atoms with Crippen LogP contribution in [0.3, 0.4) is 0 Å². The normalized spacial score (nSPS) is 17.4. The second kappa shape index (κ2) is 16.9. The van der Waals surface area contributed by atoms with Gasteiger partial charge in [0.15, 0.2) is 0 Å². The molecule has 2 heterocycles. The zero-order chi connectivity index (χ0) is 39.4. The molecule has 288 valence electrons. The molecule has 0 fully saturated rings. The Morgan fingerprint density at radius 1 is 0.926 bits per heavy atom. The Bertz CT molecular complexity index is 1900. The number of pyridine rings is 1. The number of hydrogen-bond acceptors (Lipinski definition) is 7. The number of hydrogen-bond donors (Lipinski definition) is 3. The fourth-order valence-corrected chi connectivity index (χ4v) is 7.53. The van der Waals surface area contributed by atoms with E-state index in [9.17, 15) is 15.0 Å². The molecule has 1 aromatic heterocycles. The van der Waals surface area contributed by atoms with Crippen molar-refractivity contribution in [2.75, 3.05) is 6.61 Å². The number of carbonyl (C=O) groups is 2. The number of benzene rings is 3. The van der Waals surface area contributed by atoms with Crippen LogP contribution < -0.4 is 10.1 Å². The molecule has 1 aliphatic heterocycles. The average molecular weight is 756 g/mol. The molecule has 0 radical (unpaired) electrons. The maximum absolute atomic E-state index is 15.0. The molecule has 5 atom stereocenters. The van der Waals surface area contributed by atoms with Gasteiger partial charge in [0.2, 0.25) is 5.91 Å². The van der Waals surface area contributed by atoms with E-state index >= 15 is 4.79 Å². The van der Waals surface area contributed by atoms with E-state index in [0.717, 1.165) is 39.2 Å². The third-order valence-electron chi connectivity index (χ3n) is 9.62. The monoisotopic (exact) mass is 755 g/mol. The number of rotatable bonds is 12. The minimum absolute atomic E-state index is 0.0225. The van der Waals surface area contributed by atoms with Crippen LogP contribution >= 0.6 is 11.6 Å². The Morgan fingerprint density at radius 3 is 2.22 bits per heavy atom. The summed E-state index contributed by atoms with van der Waals surface area (Å²) < 4.78 is 11.6. The lowest BCUT2D eigenvalue weighted by Crippen LogP contribution is -2.55. The molecule has 0 spiro atoms. The number of aliphatic hydroxyl groups is 2. The van der Waals surface area contributed by atoms with Gasteiger partial charge in [0.25, 0.3) is 0 Å². The second-order valence-corrected chi connectivity index (χ2v) is 16.5. The number of amides is 2. The molecule has 4 aromatic rings. The molecule has 9 nitrogen and oxygen atoms in total. The summed E-state index contributed by atoms with van der Waals surface area (Å²) in [5, 5.41) is 27.3. The van der Waals surface area contributed by atoms with E-state index in [1.165, 1.54) is 0 Å². The van der Waals surface area contributed by atoms with Gasteiger partial charge in [0, 0.05) is 33.8 Å². The summed E-state index contributed by atoms with van der Waals surface area (Å²) in [7, 11) is 0. The number of para-hydroxylation sites is 1. The van der Waals surface area contributed by atoms with Crippen LogP contribution in [0.15, 0.2) is 84.9 Å². The van der Waals surface area contributed by atoms with Crippen molar-refractivity contribution in [1.29, 1.82) is 0 Å². The zero-order valence-corrected chi connectivity index (χ0v) is 33.4. The molecular weight excluding hydrogens is 702 g/mol. The Morgan fingerprint density at radius 2 is 1.59 bits per heavy atom. The van der Waals surface area contributed by atoms with Crippen LogP contribution in [0.1, 0.15) is 82.1 Å². The van der Waals surface area contributed by atoms with E-state index < -0.39 is 41.5 Å². The summed E-state index contributed by atoms with van der Waals surface area (Å²) >= 11 is 6.40. The smallest absolute Gasteiger partial charge is 0.407 e. The maximum Gasteiger partial charge on any atom is 0.407 e. The molecular formula is C44H54ClN3O6. The largest absolute Gasteiger partial charge is 0.493 e. The summed E-state index contributed by atoms with van der Waals surface area (Å²) in [5.41, 5.74) is 4.08. The lowest BCUT2D eigenvalue weighted by Gasteiger charge is -2.47. The highest BCUT2D eigenvalue weighted by atomic mass is 35.5. The summed E-state index contributed by atoms with van der Waals surface area (Å²) in [6.45, 7) is 14.8. The predicted molar refractivity (Wildman–Crippen MR) is 212 cm³/mol. The van der Waals surface area contributed by atoms with E-state index in [1.807, 2.05) is 93.6 Å². The fourth-order valence-electron chi connectivity index (χ4n) is 7.32. The minimum Gasteiger partial charge on any atom is -0.493 e.